The molecule has 0 aromatic heterocycles. The molecule has 0 aliphatic heterocycles. The van der Waals surface area contributed by atoms with Crippen molar-refractivity contribution >= 4 is 18.1 Å². The predicted molar refractivity (Wildman–Crippen MR) is 86.3 cm³/mol. The molecular formula is C16H16FN4O3+. The fourth-order valence-corrected chi connectivity index (χ4v) is 1.78. The summed E-state index contributed by atoms with van der Waals surface area (Å²) >= 11 is 0. The Morgan fingerprint density at radius 3 is 2.50 bits per heavy atom. The van der Waals surface area contributed by atoms with Crippen LogP contribution in [0.3, 0.4) is 0 Å². The van der Waals surface area contributed by atoms with Crippen molar-refractivity contribution < 1.29 is 23.8 Å². The zero-order valence-corrected chi connectivity index (χ0v) is 12.8. The van der Waals surface area contributed by atoms with E-state index in [1.807, 2.05) is 0 Å². The van der Waals surface area contributed by atoms with Gasteiger partial charge < -0.3 is 20.9 Å². The number of ether oxygens (including phenoxy) is 2. The SMILES string of the molecule is COc1cc(/C=[NH+]/N=C(N)N)ccc1OC(=O)c1ccc(F)cc1. The molecule has 2 rings (SSSR count). The lowest BCUT2D eigenvalue weighted by Crippen LogP contribution is -2.63. The number of nitrogens with zero attached hydrogens (tertiary/aromatic N) is 1. The fourth-order valence-electron chi connectivity index (χ4n) is 1.78. The molecule has 0 bridgehead atoms. The quantitative estimate of drug-likeness (QED) is 0.230. The number of carbonyl (C=O) groups is 1. The summed E-state index contributed by atoms with van der Waals surface area (Å²) in [7, 11) is 1.44. The Hall–Kier alpha value is -3.42. The van der Waals surface area contributed by atoms with Gasteiger partial charge >= 0.3 is 5.97 Å². The minimum atomic E-state index is -0.622. The van der Waals surface area contributed by atoms with Crippen LogP contribution in [-0.2, 0) is 0 Å². The third-order valence-corrected chi connectivity index (χ3v) is 2.90. The average Bonchev–Trinajstić information content (AvgIpc) is 2.56. The highest BCUT2D eigenvalue weighted by molar-refractivity contribution is 5.91. The number of rotatable bonds is 5. The van der Waals surface area contributed by atoms with E-state index in [-0.39, 0.29) is 17.3 Å². The molecule has 7 nitrogen and oxygen atoms in total. The minimum absolute atomic E-state index is 0.108. The number of hydrazone groups is 1. The second kappa shape index (κ2) is 7.73. The monoisotopic (exact) mass is 331 g/mol. The number of hydrogen-bond acceptors (Lipinski definition) is 4. The van der Waals surface area contributed by atoms with E-state index in [1.54, 1.807) is 18.2 Å². The number of nitrogens with two attached hydrogens (primary N) is 2. The molecule has 0 heterocycles. The molecule has 124 valence electrons. The van der Waals surface area contributed by atoms with Gasteiger partial charge in [0.25, 0.3) is 5.96 Å². The van der Waals surface area contributed by atoms with E-state index in [0.29, 0.717) is 11.3 Å². The van der Waals surface area contributed by atoms with E-state index in [0.717, 1.165) is 0 Å². The first kappa shape index (κ1) is 16.9. The maximum Gasteiger partial charge on any atom is 0.343 e. The topological polar surface area (TPSA) is 114 Å². The van der Waals surface area contributed by atoms with Crippen LogP contribution in [0.25, 0.3) is 0 Å². The first-order valence-corrected chi connectivity index (χ1v) is 6.83. The molecule has 0 aliphatic rings. The summed E-state index contributed by atoms with van der Waals surface area (Å²) in [5.41, 5.74) is 11.3. The first-order valence-electron chi connectivity index (χ1n) is 6.83. The van der Waals surface area contributed by atoms with Crippen LogP contribution in [0, 0.1) is 5.82 Å². The Morgan fingerprint density at radius 2 is 1.88 bits per heavy atom. The number of carbonyl (C=O) groups excluding carboxylic acids is 1. The van der Waals surface area contributed by atoms with E-state index in [1.165, 1.54) is 37.6 Å². The van der Waals surface area contributed by atoms with Gasteiger partial charge in [0.15, 0.2) is 11.5 Å². The highest BCUT2D eigenvalue weighted by Gasteiger charge is 2.13. The molecule has 0 radical (unpaired) electrons. The Balaban J connectivity index is 2.18. The normalized spacial score (nSPS) is 10.4. The van der Waals surface area contributed by atoms with Gasteiger partial charge in [-0.15, -0.1) is 5.10 Å². The third-order valence-electron chi connectivity index (χ3n) is 2.90. The summed E-state index contributed by atoms with van der Waals surface area (Å²) in [4.78, 5) is 12.1. The van der Waals surface area contributed by atoms with Crippen molar-refractivity contribution in [1.82, 2.24) is 0 Å². The molecule has 0 fully saturated rings. The Labute approximate surface area is 137 Å². The number of nitrogens with one attached hydrogen (secondary N) is 1. The summed E-state index contributed by atoms with van der Waals surface area (Å²) in [5, 5.41) is 6.16. The van der Waals surface area contributed by atoms with Crippen LogP contribution < -0.4 is 26.0 Å². The molecule has 0 atom stereocenters. The highest BCUT2D eigenvalue weighted by atomic mass is 19.1. The standard InChI is InChI=1S/C16H15FN4O3/c1-23-14-8-10(9-20-21-16(18)19)2-7-13(14)24-15(22)11-3-5-12(17)6-4-11/h2-9H,1H3,(H4,18,19,21)/p+1/b20-9+. The number of benzene rings is 2. The minimum Gasteiger partial charge on any atom is -0.493 e. The van der Waals surface area contributed by atoms with Crippen molar-refractivity contribution in [2.75, 3.05) is 7.11 Å². The van der Waals surface area contributed by atoms with Crippen molar-refractivity contribution in [2.24, 2.45) is 16.6 Å². The van der Waals surface area contributed by atoms with Crippen molar-refractivity contribution in [3.05, 3.63) is 59.4 Å². The molecule has 8 heteroatoms. The Kier molecular flexibility index (Phi) is 5.45. The maximum atomic E-state index is 12.9. The van der Waals surface area contributed by atoms with Gasteiger partial charge in [0.05, 0.1) is 12.7 Å². The van der Waals surface area contributed by atoms with Crippen molar-refractivity contribution in [3.63, 3.8) is 0 Å². The van der Waals surface area contributed by atoms with Gasteiger partial charge in [0.2, 0.25) is 6.21 Å². The molecular weight excluding hydrogens is 315 g/mol. The largest absolute Gasteiger partial charge is 0.493 e. The van der Waals surface area contributed by atoms with Crippen LogP contribution in [-0.4, -0.2) is 25.3 Å². The Bertz CT molecular complexity index is 784. The van der Waals surface area contributed by atoms with Gasteiger partial charge in [0, 0.05) is 10.7 Å². The van der Waals surface area contributed by atoms with E-state index < -0.39 is 11.8 Å². The lowest BCUT2D eigenvalue weighted by atomic mass is 10.2. The molecule has 0 amide bonds. The highest BCUT2D eigenvalue weighted by Crippen LogP contribution is 2.28. The van der Waals surface area contributed by atoms with Crippen molar-refractivity contribution in [3.8, 4) is 11.5 Å². The van der Waals surface area contributed by atoms with Gasteiger partial charge in [-0.3, -0.25) is 0 Å². The lowest BCUT2D eigenvalue weighted by molar-refractivity contribution is -0.456. The van der Waals surface area contributed by atoms with E-state index in [4.69, 9.17) is 20.9 Å². The number of guanidine groups is 1. The molecule has 0 unspecified atom stereocenters. The van der Waals surface area contributed by atoms with E-state index in [9.17, 15) is 9.18 Å². The van der Waals surface area contributed by atoms with Crippen LogP contribution in [0.5, 0.6) is 11.5 Å². The summed E-state index contributed by atoms with van der Waals surface area (Å²) in [6, 6.07) is 9.90. The molecule has 0 aliphatic carbocycles. The lowest BCUT2D eigenvalue weighted by Gasteiger charge is -2.09. The molecule has 24 heavy (non-hydrogen) atoms. The zero-order valence-electron chi connectivity index (χ0n) is 12.8. The van der Waals surface area contributed by atoms with Gasteiger partial charge in [0.1, 0.15) is 5.82 Å². The Morgan fingerprint density at radius 1 is 1.17 bits per heavy atom. The number of methoxy groups -OCH3 is 1. The van der Waals surface area contributed by atoms with Gasteiger partial charge in [-0.1, -0.05) is 0 Å². The van der Waals surface area contributed by atoms with Gasteiger partial charge in [-0.25, -0.2) is 9.18 Å². The van der Waals surface area contributed by atoms with Crippen molar-refractivity contribution in [1.29, 1.82) is 0 Å². The third kappa shape index (κ3) is 4.54. The van der Waals surface area contributed by atoms with Crippen LogP contribution in [0.4, 0.5) is 4.39 Å². The molecule has 5 N–H and O–H groups in total. The van der Waals surface area contributed by atoms with E-state index >= 15 is 0 Å². The first-order chi connectivity index (χ1) is 11.5. The van der Waals surface area contributed by atoms with Crippen molar-refractivity contribution in [2.45, 2.75) is 0 Å². The van der Waals surface area contributed by atoms with Crippen LogP contribution in [0.2, 0.25) is 0 Å². The summed E-state index contributed by atoms with van der Waals surface area (Å²) in [6.45, 7) is 0. The molecule has 0 saturated heterocycles. The van der Waals surface area contributed by atoms with E-state index in [2.05, 4.69) is 10.2 Å². The second-order valence-electron chi connectivity index (χ2n) is 4.62. The zero-order chi connectivity index (χ0) is 17.5. The van der Waals surface area contributed by atoms with Crippen LogP contribution in [0.15, 0.2) is 47.6 Å². The molecule has 2 aromatic rings. The predicted octanol–water partition coefficient (Wildman–Crippen LogP) is -0.259. The molecule has 0 saturated carbocycles. The second-order valence-corrected chi connectivity index (χ2v) is 4.62. The summed E-state index contributed by atoms with van der Waals surface area (Å²) in [6.07, 6.45) is 1.54. The fraction of sp³-hybridized carbons (Fsp3) is 0.0625. The molecule has 0 spiro atoms. The summed E-state index contributed by atoms with van der Waals surface area (Å²) < 4.78 is 23.4. The number of halogens is 1. The van der Waals surface area contributed by atoms with Gasteiger partial charge in [-0.05, 0) is 42.5 Å². The summed E-state index contributed by atoms with van der Waals surface area (Å²) in [5.74, 6) is -0.597. The number of esters is 1. The van der Waals surface area contributed by atoms with Gasteiger partial charge in [-0.2, -0.15) is 0 Å². The van der Waals surface area contributed by atoms with Crippen LogP contribution in [0.1, 0.15) is 15.9 Å². The number of hydrogen-bond donors (Lipinski definition) is 3. The van der Waals surface area contributed by atoms with Crippen LogP contribution >= 0.6 is 0 Å². The average molecular weight is 331 g/mol. The molecule has 2 aromatic carbocycles. The maximum absolute atomic E-state index is 12.9. The smallest absolute Gasteiger partial charge is 0.343 e.